The number of benzene rings is 1. The number of anilines is 1. The number of para-hydroxylation sites is 1. The molecule has 0 atom stereocenters. The van der Waals surface area contributed by atoms with Gasteiger partial charge in [-0.05, 0) is 12.1 Å². The molecule has 1 aromatic rings. The number of phenols is 1. The van der Waals surface area contributed by atoms with Crippen LogP contribution in [0.3, 0.4) is 0 Å². The zero-order valence-corrected chi connectivity index (χ0v) is 6.77. The minimum atomic E-state index is -1.07. The monoisotopic (exact) mass is 179 g/mol. The number of carboxylic acid groups (broad SMARTS) is 1. The number of hydrogen-bond acceptors (Lipinski definition) is 3. The van der Waals surface area contributed by atoms with Crippen LogP contribution in [0.5, 0.6) is 5.75 Å². The van der Waals surface area contributed by atoms with Crippen LogP contribution in [0, 0.1) is 0 Å². The maximum absolute atomic E-state index is 10.2. The molecule has 13 heavy (non-hydrogen) atoms. The number of nitrogen functional groups attached to an aromatic ring is 1. The highest BCUT2D eigenvalue weighted by Gasteiger charge is 2.00. The second-order valence-electron chi connectivity index (χ2n) is 2.46. The second-order valence-corrected chi connectivity index (χ2v) is 2.46. The molecule has 0 amide bonds. The smallest absolute Gasteiger partial charge is 0.328 e. The third-order valence-corrected chi connectivity index (χ3v) is 1.50. The SMILES string of the molecule is Nc1cccc(/C=C\C(=O)O)c1O. The number of rotatable bonds is 2. The fourth-order valence-corrected chi connectivity index (χ4v) is 0.876. The minimum Gasteiger partial charge on any atom is -0.505 e. The van der Waals surface area contributed by atoms with E-state index in [0.717, 1.165) is 6.08 Å². The van der Waals surface area contributed by atoms with Crippen molar-refractivity contribution in [2.45, 2.75) is 0 Å². The van der Waals surface area contributed by atoms with Gasteiger partial charge in [-0.15, -0.1) is 0 Å². The van der Waals surface area contributed by atoms with Crippen molar-refractivity contribution in [1.29, 1.82) is 0 Å². The average Bonchev–Trinajstić information content (AvgIpc) is 2.07. The Bertz CT molecular complexity index is 358. The van der Waals surface area contributed by atoms with Gasteiger partial charge in [0.15, 0.2) is 0 Å². The highest BCUT2D eigenvalue weighted by atomic mass is 16.4. The van der Waals surface area contributed by atoms with E-state index in [9.17, 15) is 9.90 Å². The Morgan fingerprint density at radius 1 is 1.46 bits per heavy atom. The summed E-state index contributed by atoms with van der Waals surface area (Å²) in [5.41, 5.74) is 6.02. The maximum Gasteiger partial charge on any atom is 0.328 e. The van der Waals surface area contributed by atoms with Crippen molar-refractivity contribution in [2.75, 3.05) is 5.73 Å². The Labute approximate surface area is 74.9 Å². The van der Waals surface area contributed by atoms with E-state index in [1.54, 1.807) is 12.1 Å². The molecule has 0 saturated heterocycles. The van der Waals surface area contributed by atoms with E-state index in [1.807, 2.05) is 0 Å². The lowest BCUT2D eigenvalue weighted by Gasteiger charge is -2.00. The third kappa shape index (κ3) is 2.23. The van der Waals surface area contributed by atoms with Gasteiger partial charge in [-0.25, -0.2) is 4.79 Å². The van der Waals surface area contributed by atoms with Crippen molar-refractivity contribution in [2.24, 2.45) is 0 Å². The van der Waals surface area contributed by atoms with Crippen LogP contribution in [0.4, 0.5) is 5.69 Å². The highest BCUT2D eigenvalue weighted by molar-refractivity contribution is 5.86. The quantitative estimate of drug-likeness (QED) is 0.360. The summed E-state index contributed by atoms with van der Waals surface area (Å²) in [6, 6.07) is 4.75. The zero-order chi connectivity index (χ0) is 9.84. The zero-order valence-electron chi connectivity index (χ0n) is 6.77. The van der Waals surface area contributed by atoms with Crippen molar-refractivity contribution in [3.05, 3.63) is 29.8 Å². The number of aliphatic carboxylic acids is 1. The topological polar surface area (TPSA) is 83.6 Å². The summed E-state index contributed by atoms with van der Waals surface area (Å²) in [5.74, 6) is -1.16. The summed E-state index contributed by atoms with van der Waals surface area (Å²) in [6.45, 7) is 0. The fourth-order valence-electron chi connectivity index (χ4n) is 0.876. The van der Waals surface area contributed by atoms with Crippen LogP contribution in [-0.4, -0.2) is 16.2 Å². The van der Waals surface area contributed by atoms with Crippen molar-refractivity contribution in [3.8, 4) is 5.75 Å². The largest absolute Gasteiger partial charge is 0.505 e. The van der Waals surface area contributed by atoms with Gasteiger partial charge < -0.3 is 15.9 Å². The Kier molecular flexibility index (Phi) is 2.54. The molecule has 0 aliphatic carbocycles. The third-order valence-electron chi connectivity index (χ3n) is 1.50. The van der Waals surface area contributed by atoms with Crippen LogP contribution in [0.2, 0.25) is 0 Å². The highest BCUT2D eigenvalue weighted by Crippen LogP contribution is 2.25. The first kappa shape index (κ1) is 9.12. The van der Waals surface area contributed by atoms with E-state index in [0.29, 0.717) is 5.56 Å². The summed E-state index contributed by atoms with van der Waals surface area (Å²) in [7, 11) is 0. The first-order chi connectivity index (χ1) is 6.11. The molecular formula is C9H9NO3. The van der Waals surface area contributed by atoms with Gasteiger partial charge in [-0.2, -0.15) is 0 Å². The van der Waals surface area contributed by atoms with Gasteiger partial charge in [0.2, 0.25) is 0 Å². The molecule has 4 heteroatoms. The first-order valence-corrected chi connectivity index (χ1v) is 3.59. The van der Waals surface area contributed by atoms with Crippen LogP contribution < -0.4 is 5.73 Å². The van der Waals surface area contributed by atoms with Crippen LogP contribution in [0.1, 0.15) is 5.56 Å². The molecule has 0 saturated carbocycles. The number of aromatic hydroxyl groups is 1. The lowest BCUT2D eigenvalue weighted by Crippen LogP contribution is -1.88. The van der Waals surface area contributed by atoms with E-state index < -0.39 is 5.97 Å². The minimum absolute atomic E-state index is 0.0972. The summed E-state index contributed by atoms with van der Waals surface area (Å²) >= 11 is 0. The number of nitrogens with two attached hydrogens (primary N) is 1. The van der Waals surface area contributed by atoms with Crippen molar-refractivity contribution >= 4 is 17.7 Å². The van der Waals surface area contributed by atoms with E-state index in [4.69, 9.17) is 10.8 Å². The molecule has 1 aromatic carbocycles. The Balaban J connectivity index is 3.02. The Morgan fingerprint density at radius 2 is 2.15 bits per heavy atom. The number of hydrogen-bond donors (Lipinski definition) is 3. The molecule has 4 N–H and O–H groups in total. The van der Waals surface area contributed by atoms with E-state index >= 15 is 0 Å². The van der Waals surface area contributed by atoms with Gasteiger partial charge in [0.25, 0.3) is 0 Å². The standard InChI is InChI=1S/C9H9NO3/c10-7-3-1-2-6(9(7)13)4-5-8(11)12/h1-5,13H,10H2,(H,11,12)/b5-4-. The molecule has 0 radical (unpaired) electrons. The lowest BCUT2D eigenvalue weighted by molar-refractivity contribution is -0.131. The normalized spacial score (nSPS) is 10.5. The van der Waals surface area contributed by atoms with E-state index in [-0.39, 0.29) is 11.4 Å². The van der Waals surface area contributed by atoms with E-state index in [2.05, 4.69) is 0 Å². The van der Waals surface area contributed by atoms with Crippen molar-refractivity contribution < 1.29 is 15.0 Å². The predicted octanol–water partition coefficient (Wildman–Crippen LogP) is 1.07. The van der Waals surface area contributed by atoms with Crippen LogP contribution >= 0.6 is 0 Å². The Hall–Kier alpha value is -1.97. The van der Waals surface area contributed by atoms with Crippen LogP contribution in [0.25, 0.3) is 6.08 Å². The summed E-state index contributed by atoms with van der Waals surface area (Å²) in [6.07, 6.45) is 2.22. The summed E-state index contributed by atoms with van der Waals surface area (Å²) in [4.78, 5) is 10.2. The molecule has 0 fully saturated rings. The van der Waals surface area contributed by atoms with Gasteiger partial charge in [-0.3, -0.25) is 0 Å². The fraction of sp³-hybridized carbons (Fsp3) is 0. The molecule has 0 heterocycles. The maximum atomic E-state index is 10.2. The molecule has 0 aromatic heterocycles. The average molecular weight is 179 g/mol. The summed E-state index contributed by atoms with van der Waals surface area (Å²) < 4.78 is 0. The van der Waals surface area contributed by atoms with Crippen molar-refractivity contribution in [1.82, 2.24) is 0 Å². The van der Waals surface area contributed by atoms with Crippen molar-refractivity contribution in [3.63, 3.8) is 0 Å². The predicted molar refractivity (Wildman–Crippen MR) is 49.2 cm³/mol. The first-order valence-electron chi connectivity index (χ1n) is 3.59. The summed E-state index contributed by atoms with van der Waals surface area (Å²) in [5, 5.41) is 17.7. The second kappa shape index (κ2) is 3.62. The molecule has 0 spiro atoms. The van der Waals surface area contributed by atoms with E-state index in [1.165, 1.54) is 12.1 Å². The van der Waals surface area contributed by atoms with Gasteiger partial charge in [0, 0.05) is 11.6 Å². The molecule has 0 aliphatic heterocycles. The van der Waals surface area contributed by atoms with Gasteiger partial charge in [-0.1, -0.05) is 12.1 Å². The van der Waals surface area contributed by atoms with Gasteiger partial charge >= 0.3 is 5.97 Å². The molecule has 1 rings (SSSR count). The molecule has 0 unspecified atom stereocenters. The van der Waals surface area contributed by atoms with Crippen LogP contribution in [0.15, 0.2) is 24.3 Å². The number of carboxylic acids is 1. The lowest BCUT2D eigenvalue weighted by atomic mass is 10.1. The number of carbonyl (C=O) groups is 1. The van der Waals surface area contributed by atoms with Gasteiger partial charge in [0.1, 0.15) is 5.75 Å². The molecule has 0 bridgehead atoms. The molecule has 4 nitrogen and oxygen atoms in total. The Morgan fingerprint density at radius 3 is 2.77 bits per heavy atom. The molecule has 68 valence electrons. The van der Waals surface area contributed by atoms with Crippen LogP contribution in [-0.2, 0) is 4.79 Å². The number of phenolic OH excluding ortho intramolecular Hbond substituents is 1. The molecular weight excluding hydrogens is 170 g/mol. The van der Waals surface area contributed by atoms with Gasteiger partial charge in [0.05, 0.1) is 5.69 Å². The molecule has 0 aliphatic rings.